The Hall–Kier alpha value is -2.38. The van der Waals surface area contributed by atoms with Crippen molar-refractivity contribution in [2.45, 2.75) is 16.6 Å². The summed E-state index contributed by atoms with van der Waals surface area (Å²) in [5.74, 6) is -1.55. The van der Waals surface area contributed by atoms with Crippen LogP contribution in [0, 0.1) is 10.1 Å². The molecule has 0 saturated carbocycles. The minimum Gasteiger partial charge on any atom is -0.480 e. The maximum Gasteiger partial charge on any atom is 0.317 e. The van der Waals surface area contributed by atoms with Gasteiger partial charge in [-0.3, -0.25) is 19.7 Å². The number of benzene rings is 2. The zero-order chi connectivity index (χ0) is 17.7. The van der Waals surface area contributed by atoms with Crippen molar-refractivity contribution in [3.8, 4) is 0 Å². The molecule has 2 aromatic rings. The van der Waals surface area contributed by atoms with Gasteiger partial charge in [0.05, 0.1) is 9.82 Å². The van der Waals surface area contributed by atoms with Crippen molar-refractivity contribution in [1.29, 1.82) is 0 Å². The minimum absolute atomic E-state index is 0.151. The Bertz CT molecular complexity index is 781. The van der Waals surface area contributed by atoms with E-state index in [0.717, 1.165) is 17.8 Å². The smallest absolute Gasteiger partial charge is 0.317 e. The van der Waals surface area contributed by atoms with Crippen LogP contribution in [-0.4, -0.2) is 27.0 Å². The highest BCUT2D eigenvalue weighted by molar-refractivity contribution is 8.00. The van der Waals surface area contributed by atoms with Crippen molar-refractivity contribution in [1.82, 2.24) is 0 Å². The average Bonchev–Trinajstić information content (AvgIpc) is 2.56. The molecular weight excluding hydrogens is 354 g/mol. The molecule has 0 bridgehead atoms. The van der Waals surface area contributed by atoms with Gasteiger partial charge >= 0.3 is 5.97 Å². The molecule has 1 atom stereocenters. The lowest BCUT2D eigenvalue weighted by molar-refractivity contribution is -0.387. The van der Waals surface area contributed by atoms with Gasteiger partial charge in [-0.15, -0.1) is 11.8 Å². The van der Waals surface area contributed by atoms with E-state index in [1.165, 1.54) is 12.1 Å². The van der Waals surface area contributed by atoms with Crippen molar-refractivity contribution in [3.63, 3.8) is 0 Å². The predicted octanol–water partition coefficient (Wildman–Crippen LogP) is 4.07. The van der Waals surface area contributed by atoms with Gasteiger partial charge in [-0.05, 0) is 12.1 Å². The fourth-order valence-electron chi connectivity index (χ4n) is 1.98. The number of carbonyl (C=O) groups is 2. The first-order valence-electron chi connectivity index (χ1n) is 6.80. The summed E-state index contributed by atoms with van der Waals surface area (Å²) >= 11 is 6.50. The molecule has 1 unspecified atom stereocenters. The summed E-state index contributed by atoms with van der Waals surface area (Å²) in [6.45, 7) is 0. The van der Waals surface area contributed by atoms with Gasteiger partial charge in [0.15, 0.2) is 5.78 Å². The second-order valence-electron chi connectivity index (χ2n) is 4.81. The normalized spacial score (nSPS) is 11.7. The van der Waals surface area contributed by atoms with E-state index in [2.05, 4.69) is 0 Å². The maximum atomic E-state index is 12.2. The molecule has 6 nitrogen and oxygen atoms in total. The second-order valence-corrected chi connectivity index (χ2v) is 6.49. The second kappa shape index (κ2) is 7.94. The van der Waals surface area contributed by atoms with Crippen LogP contribution in [0.1, 0.15) is 16.8 Å². The largest absolute Gasteiger partial charge is 0.480 e. The number of rotatable bonds is 7. The van der Waals surface area contributed by atoms with Gasteiger partial charge in [-0.25, -0.2) is 0 Å². The molecule has 124 valence electrons. The molecule has 2 rings (SSSR count). The highest BCUT2D eigenvalue weighted by Gasteiger charge is 2.26. The highest BCUT2D eigenvalue weighted by atomic mass is 35.5. The first-order valence-corrected chi connectivity index (χ1v) is 8.06. The average molecular weight is 366 g/mol. The van der Waals surface area contributed by atoms with E-state index in [1.54, 1.807) is 30.3 Å². The SMILES string of the molecule is O=C(CC(Sc1ccc(Cl)cc1[N+](=O)[O-])C(=O)O)c1ccccc1. The number of ketones is 1. The number of carboxylic acid groups (broad SMARTS) is 1. The lowest BCUT2D eigenvalue weighted by Gasteiger charge is -2.12. The number of hydrogen-bond acceptors (Lipinski definition) is 5. The van der Waals surface area contributed by atoms with E-state index in [-0.39, 0.29) is 27.8 Å². The number of aliphatic carboxylic acids is 1. The van der Waals surface area contributed by atoms with Crippen LogP contribution in [0.25, 0.3) is 0 Å². The Morgan fingerprint density at radius 2 is 1.88 bits per heavy atom. The molecule has 1 N–H and O–H groups in total. The molecule has 2 aromatic carbocycles. The van der Waals surface area contributed by atoms with E-state index in [4.69, 9.17) is 11.6 Å². The van der Waals surface area contributed by atoms with Crippen LogP contribution in [0.3, 0.4) is 0 Å². The number of Topliss-reactive ketones (excluding diaryl/α,β-unsaturated/α-hetero) is 1. The Kier molecular flexibility index (Phi) is 5.94. The predicted molar refractivity (Wildman–Crippen MR) is 90.8 cm³/mol. The summed E-state index contributed by atoms with van der Waals surface area (Å²) in [6.07, 6.45) is -0.274. The van der Waals surface area contributed by atoms with Crippen molar-refractivity contribution in [2.75, 3.05) is 0 Å². The summed E-state index contributed by atoms with van der Waals surface area (Å²) in [6, 6.07) is 12.3. The third-order valence-corrected chi connectivity index (χ3v) is 4.62. The lowest BCUT2D eigenvalue weighted by Crippen LogP contribution is -2.20. The van der Waals surface area contributed by atoms with Crippen LogP contribution in [0.15, 0.2) is 53.4 Å². The molecule has 8 heteroatoms. The van der Waals surface area contributed by atoms with E-state index in [0.29, 0.717) is 5.56 Å². The van der Waals surface area contributed by atoms with Gasteiger partial charge in [-0.1, -0.05) is 41.9 Å². The Morgan fingerprint density at radius 3 is 2.46 bits per heavy atom. The Labute approximate surface area is 146 Å². The number of carbonyl (C=O) groups excluding carboxylic acids is 1. The summed E-state index contributed by atoms with van der Waals surface area (Å²) in [4.78, 5) is 34.2. The van der Waals surface area contributed by atoms with E-state index in [1.807, 2.05) is 0 Å². The summed E-state index contributed by atoms with van der Waals surface area (Å²) < 4.78 is 0. The molecule has 0 fully saturated rings. The van der Waals surface area contributed by atoms with E-state index in [9.17, 15) is 24.8 Å². The summed E-state index contributed by atoms with van der Waals surface area (Å²) in [7, 11) is 0. The topological polar surface area (TPSA) is 97.5 Å². The van der Waals surface area contributed by atoms with Gasteiger partial charge < -0.3 is 5.11 Å². The van der Waals surface area contributed by atoms with Crippen molar-refractivity contribution in [2.24, 2.45) is 0 Å². The number of nitro groups is 1. The van der Waals surface area contributed by atoms with E-state index >= 15 is 0 Å². The van der Waals surface area contributed by atoms with Crippen LogP contribution in [0.2, 0.25) is 5.02 Å². The third-order valence-electron chi connectivity index (χ3n) is 3.13. The van der Waals surface area contributed by atoms with Gasteiger partial charge in [0, 0.05) is 23.1 Å². The molecule has 0 aromatic heterocycles. The van der Waals surface area contributed by atoms with Gasteiger partial charge in [-0.2, -0.15) is 0 Å². The lowest BCUT2D eigenvalue weighted by atomic mass is 10.1. The minimum atomic E-state index is -1.21. The number of hydrogen-bond donors (Lipinski definition) is 1. The molecule has 0 saturated heterocycles. The Morgan fingerprint density at radius 1 is 1.21 bits per heavy atom. The molecule has 24 heavy (non-hydrogen) atoms. The van der Waals surface area contributed by atoms with Gasteiger partial charge in [0.1, 0.15) is 5.25 Å². The summed E-state index contributed by atoms with van der Waals surface area (Å²) in [5.41, 5.74) is 0.112. The standard InChI is InChI=1S/C16H12ClNO5S/c17-11-6-7-14(12(8-11)18(22)23)24-15(16(20)21)9-13(19)10-4-2-1-3-5-10/h1-8,15H,9H2,(H,20,21). The maximum absolute atomic E-state index is 12.2. The first kappa shape index (κ1) is 18.0. The molecule has 0 aliphatic rings. The number of nitro benzene ring substituents is 1. The van der Waals surface area contributed by atoms with Crippen molar-refractivity contribution >= 4 is 40.8 Å². The van der Waals surface area contributed by atoms with Gasteiger partial charge in [0.25, 0.3) is 5.69 Å². The molecular formula is C16H12ClNO5S. The third kappa shape index (κ3) is 4.56. The molecule has 0 radical (unpaired) electrons. The van der Waals surface area contributed by atoms with Crippen molar-refractivity contribution in [3.05, 3.63) is 69.2 Å². The van der Waals surface area contributed by atoms with Crippen LogP contribution >= 0.6 is 23.4 Å². The zero-order valence-electron chi connectivity index (χ0n) is 12.2. The quantitative estimate of drug-likeness (QED) is 0.344. The van der Waals surface area contributed by atoms with E-state index < -0.39 is 16.1 Å². The number of nitrogens with zero attached hydrogens (tertiary/aromatic N) is 1. The molecule has 0 amide bonds. The van der Waals surface area contributed by atoms with Crippen LogP contribution < -0.4 is 0 Å². The Balaban J connectivity index is 2.22. The van der Waals surface area contributed by atoms with Crippen LogP contribution in [-0.2, 0) is 4.79 Å². The van der Waals surface area contributed by atoms with Crippen molar-refractivity contribution < 1.29 is 19.6 Å². The number of thioether (sulfide) groups is 1. The molecule has 0 aliphatic carbocycles. The first-order chi connectivity index (χ1) is 11.4. The molecule has 0 spiro atoms. The number of carboxylic acids is 1. The fourth-order valence-corrected chi connectivity index (χ4v) is 3.19. The molecule has 0 heterocycles. The fraction of sp³-hybridized carbons (Fsp3) is 0.125. The van der Waals surface area contributed by atoms with Crippen LogP contribution in [0.5, 0.6) is 0 Å². The molecule has 0 aliphatic heterocycles. The van der Waals surface area contributed by atoms with Gasteiger partial charge in [0.2, 0.25) is 0 Å². The number of halogens is 1. The monoisotopic (exact) mass is 365 g/mol. The summed E-state index contributed by atoms with van der Waals surface area (Å²) in [5, 5.41) is 19.5. The van der Waals surface area contributed by atoms with Crippen LogP contribution in [0.4, 0.5) is 5.69 Å². The zero-order valence-corrected chi connectivity index (χ0v) is 13.8. The highest BCUT2D eigenvalue weighted by Crippen LogP contribution is 2.35.